The molecule has 0 aliphatic carbocycles. The highest BCUT2D eigenvalue weighted by molar-refractivity contribution is 9.10. The zero-order valence-corrected chi connectivity index (χ0v) is 14.4. The molecule has 116 valence electrons. The molecule has 0 radical (unpaired) electrons. The fourth-order valence-electron chi connectivity index (χ4n) is 1.99. The van der Waals surface area contributed by atoms with Crippen LogP contribution in [0.5, 0.6) is 0 Å². The Morgan fingerprint density at radius 2 is 2.09 bits per heavy atom. The minimum absolute atomic E-state index is 0.136. The Hall–Kier alpha value is -1.88. The molecular weight excluding hydrogens is 342 g/mol. The van der Waals surface area contributed by atoms with E-state index in [1.807, 2.05) is 25.1 Å². The summed E-state index contributed by atoms with van der Waals surface area (Å²) in [5.74, 6) is 0.593. The van der Waals surface area contributed by atoms with Crippen LogP contribution in [0.3, 0.4) is 0 Å². The summed E-state index contributed by atoms with van der Waals surface area (Å²) in [6, 6.07) is 9.22. The summed E-state index contributed by atoms with van der Waals surface area (Å²) in [5.41, 5.74) is 2.45. The molecule has 0 fully saturated rings. The topological polar surface area (TPSA) is 54.0 Å². The van der Waals surface area contributed by atoms with Crippen LogP contribution in [0, 0.1) is 6.92 Å². The van der Waals surface area contributed by atoms with Crippen molar-refractivity contribution in [1.29, 1.82) is 0 Å². The molecule has 0 aliphatic heterocycles. The third kappa shape index (κ3) is 4.56. The zero-order valence-electron chi connectivity index (χ0n) is 12.8. The van der Waals surface area contributed by atoms with Gasteiger partial charge in [-0.25, -0.2) is 4.98 Å². The largest absolute Gasteiger partial charge is 0.370 e. The number of aryl methyl sites for hydroxylation is 1. The second kappa shape index (κ2) is 7.94. The standard InChI is InChI=1S/C17H20BrN3O/c1-3-4-8-19-16-11-13(7-9-20-16)17(22)21-14-5-6-15(18)12(2)10-14/h5-7,9-11H,3-4,8H2,1-2H3,(H,19,20)(H,21,22). The Bertz CT molecular complexity index is 658. The van der Waals surface area contributed by atoms with Gasteiger partial charge in [0.15, 0.2) is 0 Å². The summed E-state index contributed by atoms with van der Waals surface area (Å²) >= 11 is 3.45. The van der Waals surface area contributed by atoms with Crippen LogP contribution >= 0.6 is 15.9 Å². The number of unbranched alkanes of at least 4 members (excludes halogenated alkanes) is 1. The Kier molecular flexibility index (Phi) is 5.95. The summed E-state index contributed by atoms with van der Waals surface area (Å²) in [4.78, 5) is 16.5. The first kappa shape index (κ1) is 16.5. The highest BCUT2D eigenvalue weighted by atomic mass is 79.9. The van der Waals surface area contributed by atoms with Gasteiger partial charge in [-0.3, -0.25) is 4.79 Å². The van der Waals surface area contributed by atoms with Crippen LogP contribution in [0.1, 0.15) is 35.7 Å². The van der Waals surface area contributed by atoms with Crippen molar-refractivity contribution in [1.82, 2.24) is 4.98 Å². The molecule has 1 heterocycles. The minimum atomic E-state index is -0.136. The molecule has 0 bridgehead atoms. The summed E-state index contributed by atoms with van der Waals surface area (Å²) in [6.07, 6.45) is 3.85. The van der Waals surface area contributed by atoms with Gasteiger partial charge in [-0.05, 0) is 49.2 Å². The first-order valence-corrected chi connectivity index (χ1v) is 8.17. The number of hydrogen-bond acceptors (Lipinski definition) is 3. The molecule has 2 rings (SSSR count). The van der Waals surface area contributed by atoms with E-state index in [0.717, 1.165) is 40.9 Å². The number of hydrogen-bond donors (Lipinski definition) is 2. The first-order valence-electron chi connectivity index (χ1n) is 7.37. The molecule has 0 saturated heterocycles. The third-order valence-electron chi connectivity index (χ3n) is 3.27. The number of nitrogens with zero attached hydrogens (tertiary/aromatic N) is 1. The van der Waals surface area contributed by atoms with E-state index in [4.69, 9.17) is 0 Å². The minimum Gasteiger partial charge on any atom is -0.370 e. The van der Waals surface area contributed by atoms with Crippen molar-refractivity contribution in [3.63, 3.8) is 0 Å². The fraction of sp³-hybridized carbons (Fsp3) is 0.294. The van der Waals surface area contributed by atoms with Gasteiger partial charge < -0.3 is 10.6 Å². The highest BCUT2D eigenvalue weighted by Gasteiger charge is 2.08. The molecule has 0 aliphatic rings. The lowest BCUT2D eigenvalue weighted by atomic mass is 10.2. The van der Waals surface area contributed by atoms with Crippen LogP contribution in [0.15, 0.2) is 41.0 Å². The van der Waals surface area contributed by atoms with E-state index in [-0.39, 0.29) is 5.91 Å². The van der Waals surface area contributed by atoms with Crippen molar-refractivity contribution < 1.29 is 4.79 Å². The Morgan fingerprint density at radius 3 is 2.82 bits per heavy atom. The van der Waals surface area contributed by atoms with Crippen LogP contribution in [0.2, 0.25) is 0 Å². The van der Waals surface area contributed by atoms with Gasteiger partial charge in [0.2, 0.25) is 0 Å². The lowest BCUT2D eigenvalue weighted by Gasteiger charge is -2.09. The second-order valence-electron chi connectivity index (χ2n) is 5.13. The molecule has 1 aromatic carbocycles. The van der Waals surface area contributed by atoms with E-state index in [0.29, 0.717) is 5.56 Å². The maximum Gasteiger partial charge on any atom is 0.255 e. The predicted octanol–water partition coefficient (Wildman–Crippen LogP) is 4.62. The van der Waals surface area contributed by atoms with Gasteiger partial charge in [0.05, 0.1) is 0 Å². The summed E-state index contributed by atoms with van der Waals surface area (Å²) < 4.78 is 1.02. The molecular formula is C17H20BrN3O. The van der Waals surface area contributed by atoms with Gasteiger partial charge in [0.25, 0.3) is 5.91 Å². The number of anilines is 2. The average molecular weight is 362 g/mol. The monoisotopic (exact) mass is 361 g/mol. The van der Waals surface area contributed by atoms with Gasteiger partial charge in [0, 0.05) is 28.5 Å². The molecule has 0 saturated carbocycles. The van der Waals surface area contributed by atoms with E-state index in [1.165, 1.54) is 0 Å². The molecule has 4 nitrogen and oxygen atoms in total. The smallest absolute Gasteiger partial charge is 0.255 e. The second-order valence-corrected chi connectivity index (χ2v) is 5.98. The molecule has 1 amide bonds. The maximum atomic E-state index is 12.3. The number of amides is 1. The Labute approximate surface area is 139 Å². The zero-order chi connectivity index (χ0) is 15.9. The Morgan fingerprint density at radius 1 is 1.27 bits per heavy atom. The van der Waals surface area contributed by atoms with Gasteiger partial charge >= 0.3 is 0 Å². The Balaban J connectivity index is 2.05. The number of aromatic nitrogens is 1. The fourth-order valence-corrected chi connectivity index (χ4v) is 2.23. The van der Waals surface area contributed by atoms with E-state index in [9.17, 15) is 4.79 Å². The SMILES string of the molecule is CCCCNc1cc(C(=O)Nc2ccc(Br)c(C)c2)ccn1. The van der Waals surface area contributed by atoms with Crippen molar-refractivity contribution >= 4 is 33.3 Å². The van der Waals surface area contributed by atoms with Crippen molar-refractivity contribution in [2.45, 2.75) is 26.7 Å². The van der Waals surface area contributed by atoms with Crippen molar-refractivity contribution in [2.24, 2.45) is 0 Å². The van der Waals surface area contributed by atoms with Crippen molar-refractivity contribution in [2.75, 3.05) is 17.2 Å². The lowest BCUT2D eigenvalue weighted by Crippen LogP contribution is -2.13. The highest BCUT2D eigenvalue weighted by Crippen LogP contribution is 2.20. The summed E-state index contributed by atoms with van der Waals surface area (Å²) in [5, 5.41) is 6.13. The van der Waals surface area contributed by atoms with Crippen molar-refractivity contribution in [3.8, 4) is 0 Å². The number of carbonyl (C=O) groups is 1. The van der Waals surface area contributed by atoms with Crippen LogP contribution in [0.25, 0.3) is 0 Å². The number of pyridine rings is 1. The molecule has 0 unspecified atom stereocenters. The van der Waals surface area contributed by atoms with Gasteiger partial charge in [-0.2, -0.15) is 0 Å². The molecule has 2 aromatic rings. The maximum absolute atomic E-state index is 12.3. The van der Waals surface area contributed by atoms with Gasteiger partial charge in [0.1, 0.15) is 5.82 Å². The lowest BCUT2D eigenvalue weighted by molar-refractivity contribution is 0.102. The van der Waals surface area contributed by atoms with Gasteiger partial charge in [-0.1, -0.05) is 29.3 Å². The summed E-state index contributed by atoms with van der Waals surface area (Å²) in [7, 11) is 0. The third-order valence-corrected chi connectivity index (χ3v) is 4.16. The van der Waals surface area contributed by atoms with E-state index in [2.05, 4.69) is 38.5 Å². The number of halogens is 1. The number of benzene rings is 1. The number of rotatable bonds is 6. The number of carbonyl (C=O) groups excluding carboxylic acids is 1. The molecule has 1 aromatic heterocycles. The van der Waals surface area contributed by atoms with Gasteiger partial charge in [-0.15, -0.1) is 0 Å². The quantitative estimate of drug-likeness (QED) is 0.738. The molecule has 22 heavy (non-hydrogen) atoms. The summed E-state index contributed by atoms with van der Waals surface area (Å²) in [6.45, 7) is 4.99. The first-order chi connectivity index (χ1) is 10.6. The van der Waals surface area contributed by atoms with Crippen LogP contribution in [-0.2, 0) is 0 Å². The van der Waals surface area contributed by atoms with Crippen LogP contribution in [0.4, 0.5) is 11.5 Å². The molecule has 0 spiro atoms. The molecule has 0 atom stereocenters. The molecule has 2 N–H and O–H groups in total. The normalized spacial score (nSPS) is 10.3. The van der Waals surface area contributed by atoms with Crippen molar-refractivity contribution in [3.05, 3.63) is 52.1 Å². The van der Waals surface area contributed by atoms with E-state index >= 15 is 0 Å². The van der Waals surface area contributed by atoms with E-state index < -0.39 is 0 Å². The van der Waals surface area contributed by atoms with Crippen LogP contribution in [-0.4, -0.2) is 17.4 Å². The number of nitrogens with one attached hydrogen (secondary N) is 2. The van der Waals surface area contributed by atoms with Crippen LogP contribution < -0.4 is 10.6 Å². The van der Waals surface area contributed by atoms with E-state index in [1.54, 1.807) is 18.3 Å². The predicted molar refractivity (Wildman–Crippen MR) is 94.5 cm³/mol. The molecule has 5 heteroatoms. The average Bonchev–Trinajstić information content (AvgIpc) is 2.51.